The van der Waals surface area contributed by atoms with Crippen LogP contribution in [0.3, 0.4) is 0 Å². The second-order valence-electron chi connectivity index (χ2n) is 6.26. The number of carbonyl (C=O) groups is 1. The van der Waals surface area contributed by atoms with E-state index >= 15 is 0 Å². The minimum Gasteiger partial charge on any atom is -0.373 e. The summed E-state index contributed by atoms with van der Waals surface area (Å²) in [7, 11) is 0. The molecule has 2 atom stereocenters. The number of ether oxygens (including phenoxy) is 1. The Kier molecular flexibility index (Phi) is 4.18. The maximum absolute atomic E-state index is 12.7. The highest BCUT2D eigenvalue weighted by Gasteiger charge is 2.29. The molecule has 5 nitrogen and oxygen atoms in total. The molecule has 1 saturated heterocycles. The van der Waals surface area contributed by atoms with Gasteiger partial charge in [0.25, 0.3) is 0 Å². The monoisotopic (exact) mass is 331 g/mol. The molecule has 0 aromatic carbocycles. The molecule has 4 heterocycles. The fourth-order valence-corrected chi connectivity index (χ4v) is 4.51. The third kappa shape index (κ3) is 3.05. The number of hydrogen-bond acceptors (Lipinski definition) is 4. The Bertz CT molecular complexity index is 667. The number of carbonyl (C=O) groups excluding carboxylic acids is 1. The van der Waals surface area contributed by atoms with Crippen molar-refractivity contribution in [1.29, 1.82) is 0 Å². The van der Waals surface area contributed by atoms with Crippen LogP contribution in [-0.4, -0.2) is 40.1 Å². The molecule has 1 fully saturated rings. The summed E-state index contributed by atoms with van der Waals surface area (Å²) in [6.07, 6.45) is 9.16. The van der Waals surface area contributed by atoms with Gasteiger partial charge < -0.3 is 14.2 Å². The number of likely N-dealkylation sites (tertiary alicyclic amines) is 1. The van der Waals surface area contributed by atoms with Gasteiger partial charge in [-0.15, -0.1) is 11.3 Å². The van der Waals surface area contributed by atoms with E-state index in [0.717, 1.165) is 39.0 Å². The van der Waals surface area contributed by atoms with Crippen LogP contribution in [0.2, 0.25) is 0 Å². The van der Waals surface area contributed by atoms with Crippen molar-refractivity contribution in [3.05, 3.63) is 40.6 Å². The second kappa shape index (κ2) is 6.45. The summed E-state index contributed by atoms with van der Waals surface area (Å²) in [6.45, 7) is 2.36. The highest BCUT2D eigenvalue weighted by atomic mass is 32.1. The number of piperidine rings is 1. The zero-order chi connectivity index (χ0) is 15.6. The first-order valence-electron chi connectivity index (χ1n) is 8.24. The topological polar surface area (TPSA) is 47.4 Å². The van der Waals surface area contributed by atoms with Crippen molar-refractivity contribution in [3.63, 3.8) is 0 Å². The fraction of sp³-hybridized carbons (Fsp3) is 0.529. The van der Waals surface area contributed by atoms with E-state index in [1.807, 2.05) is 17.4 Å². The van der Waals surface area contributed by atoms with Gasteiger partial charge in [-0.05, 0) is 29.9 Å². The van der Waals surface area contributed by atoms with Crippen LogP contribution < -0.4 is 0 Å². The van der Waals surface area contributed by atoms with Gasteiger partial charge in [-0.1, -0.05) is 0 Å². The maximum atomic E-state index is 12.7. The van der Waals surface area contributed by atoms with Crippen molar-refractivity contribution >= 4 is 17.2 Å². The van der Waals surface area contributed by atoms with Crippen molar-refractivity contribution in [3.8, 4) is 0 Å². The Hall–Kier alpha value is -1.66. The smallest absolute Gasteiger partial charge is 0.225 e. The molecule has 1 amide bonds. The van der Waals surface area contributed by atoms with Crippen molar-refractivity contribution in [2.75, 3.05) is 19.7 Å². The van der Waals surface area contributed by atoms with Gasteiger partial charge in [0, 0.05) is 36.8 Å². The Labute approximate surface area is 139 Å². The first-order valence-corrected chi connectivity index (χ1v) is 9.12. The van der Waals surface area contributed by atoms with Crippen molar-refractivity contribution in [1.82, 2.24) is 14.5 Å². The zero-order valence-electron chi connectivity index (χ0n) is 13.1. The van der Waals surface area contributed by atoms with E-state index in [1.165, 1.54) is 10.4 Å². The molecule has 0 aliphatic carbocycles. The standard InChI is InChI=1S/C17H21N3O2S/c21-17(10-15-14-4-9-23-16(14)3-8-22-15)19-6-1-2-13(11-19)20-7-5-18-12-20/h4-5,7,9,12-13,15H,1-3,6,8,10-11H2/t13-,15+/m0/s1. The van der Waals surface area contributed by atoms with Crippen molar-refractivity contribution < 1.29 is 9.53 Å². The van der Waals surface area contributed by atoms with Gasteiger partial charge in [0.2, 0.25) is 5.91 Å². The van der Waals surface area contributed by atoms with Gasteiger partial charge in [-0.2, -0.15) is 0 Å². The lowest BCUT2D eigenvalue weighted by atomic mass is 10.0. The largest absolute Gasteiger partial charge is 0.373 e. The molecule has 0 radical (unpaired) electrons. The highest BCUT2D eigenvalue weighted by molar-refractivity contribution is 7.10. The van der Waals surface area contributed by atoms with Gasteiger partial charge >= 0.3 is 0 Å². The van der Waals surface area contributed by atoms with E-state index in [9.17, 15) is 4.79 Å². The molecule has 6 heteroatoms. The Morgan fingerprint density at radius 3 is 3.30 bits per heavy atom. The van der Waals surface area contributed by atoms with Crippen LogP contribution in [0.1, 0.15) is 41.8 Å². The van der Waals surface area contributed by atoms with Crippen LogP contribution >= 0.6 is 11.3 Å². The van der Waals surface area contributed by atoms with E-state index in [0.29, 0.717) is 12.5 Å². The number of thiophene rings is 1. The quantitative estimate of drug-likeness (QED) is 0.869. The summed E-state index contributed by atoms with van der Waals surface area (Å²) in [4.78, 5) is 20.2. The fourth-order valence-electron chi connectivity index (χ4n) is 3.59. The minimum atomic E-state index is -0.0638. The van der Waals surface area contributed by atoms with E-state index in [-0.39, 0.29) is 12.0 Å². The number of rotatable bonds is 3. The number of nitrogens with zero attached hydrogens (tertiary/aromatic N) is 3. The van der Waals surface area contributed by atoms with Crippen molar-refractivity contribution in [2.24, 2.45) is 0 Å². The summed E-state index contributed by atoms with van der Waals surface area (Å²) < 4.78 is 7.99. The molecule has 122 valence electrons. The molecule has 0 N–H and O–H groups in total. The third-order valence-electron chi connectivity index (χ3n) is 4.83. The molecule has 0 unspecified atom stereocenters. The number of imidazole rings is 1. The lowest BCUT2D eigenvalue weighted by Crippen LogP contribution is -2.41. The van der Waals surface area contributed by atoms with Crippen LogP contribution in [0.25, 0.3) is 0 Å². The average Bonchev–Trinajstić information content (AvgIpc) is 3.27. The van der Waals surface area contributed by atoms with Crippen LogP contribution in [0.4, 0.5) is 0 Å². The molecule has 2 aromatic heterocycles. The van der Waals surface area contributed by atoms with Crippen LogP contribution in [0, 0.1) is 0 Å². The average molecular weight is 331 g/mol. The van der Waals surface area contributed by atoms with Gasteiger partial charge in [-0.3, -0.25) is 4.79 Å². The van der Waals surface area contributed by atoms with E-state index in [2.05, 4.69) is 21.0 Å². The number of aromatic nitrogens is 2. The van der Waals surface area contributed by atoms with Gasteiger partial charge in [0.15, 0.2) is 0 Å². The summed E-state index contributed by atoms with van der Waals surface area (Å²) >= 11 is 1.78. The highest BCUT2D eigenvalue weighted by Crippen LogP contribution is 2.34. The third-order valence-corrected chi connectivity index (χ3v) is 5.83. The molecule has 4 rings (SSSR count). The molecular weight excluding hydrogens is 310 g/mol. The summed E-state index contributed by atoms with van der Waals surface area (Å²) in [5.41, 5.74) is 1.22. The number of fused-ring (bicyclic) bond motifs is 1. The minimum absolute atomic E-state index is 0.0638. The lowest BCUT2D eigenvalue weighted by Gasteiger charge is -2.34. The zero-order valence-corrected chi connectivity index (χ0v) is 13.9. The maximum Gasteiger partial charge on any atom is 0.225 e. The second-order valence-corrected chi connectivity index (χ2v) is 7.26. The van der Waals surface area contributed by atoms with Crippen LogP contribution in [0.15, 0.2) is 30.2 Å². The summed E-state index contributed by atoms with van der Waals surface area (Å²) in [5, 5.41) is 2.10. The Balaban J connectivity index is 1.42. The Morgan fingerprint density at radius 1 is 1.48 bits per heavy atom. The van der Waals surface area contributed by atoms with Gasteiger partial charge in [0.1, 0.15) is 0 Å². The predicted octanol–water partition coefficient (Wildman–Crippen LogP) is 2.81. The molecule has 0 saturated carbocycles. The first kappa shape index (κ1) is 14.9. The van der Waals surface area contributed by atoms with Gasteiger partial charge in [0.05, 0.1) is 31.5 Å². The molecule has 2 aromatic rings. The molecule has 23 heavy (non-hydrogen) atoms. The number of amides is 1. The SMILES string of the molecule is O=C(C[C@H]1OCCc2sccc21)N1CCC[C@H](n2ccnc2)C1. The van der Waals surface area contributed by atoms with E-state index in [4.69, 9.17) is 4.74 Å². The van der Waals surface area contributed by atoms with E-state index < -0.39 is 0 Å². The van der Waals surface area contributed by atoms with Crippen molar-refractivity contribution in [2.45, 2.75) is 37.8 Å². The normalized spacial score (nSPS) is 24.4. The molecule has 0 spiro atoms. The summed E-state index contributed by atoms with van der Waals surface area (Å²) in [6, 6.07) is 2.46. The molecule has 2 aliphatic heterocycles. The van der Waals surface area contributed by atoms with Gasteiger partial charge in [-0.25, -0.2) is 4.98 Å². The van der Waals surface area contributed by atoms with E-state index in [1.54, 1.807) is 17.5 Å². The predicted molar refractivity (Wildman–Crippen MR) is 88.4 cm³/mol. The molecule has 0 bridgehead atoms. The number of hydrogen-bond donors (Lipinski definition) is 0. The Morgan fingerprint density at radius 2 is 2.43 bits per heavy atom. The van der Waals surface area contributed by atoms with Crippen LogP contribution in [0.5, 0.6) is 0 Å². The summed E-state index contributed by atoms with van der Waals surface area (Å²) in [5.74, 6) is 0.207. The lowest BCUT2D eigenvalue weighted by molar-refractivity contribution is -0.136. The van der Waals surface area contributed by atoms with Crippen LogP contribution in [-0.2, 0) is 16.0 Å². The first-order chi connectivity index (χ1) is 11.3. The molecule has 2 aliphatic rings. The molecular formula is C17H21N3O2S.